The summed E-state index contributed by atoms with van der Waals surface area (Å²) in [6.07, 6.45) is 0. The van der Waals surface area contributed by atoms with Crippen molar-refractivity contribution in [2.75, 3.05) is 0 Å². The minimum absolute atomic E-state index is 0.0564. The van der Waals surface area contributed by atoms with Crippen LogP contribution in [0.5, 0.6) is 17.2 Å². The Morgan fingerprint density at radius 2 is 1.56 bits per heavy atom. The maximum atomic E-state index is 9.29. The molecule has 0 spiro atoms. The first-order valence-electron chi connectivity index (χ1n) is 5.14. The van der Waals surface area contributed by atoms with Crippen molar-refractivity contribution >= 4 is 23.2 Å². The van der Waals surface area contributed by atoms with Gasteiger partial charge in [0.1, 0.15) is 23.9 Å². The summed E-state index contributed by atoms with van der Waals surface area (Å²) >= 11 is 11.7. The number of phenolic OH excluding ortho intramolecular Hbond substituents is 2. The van der Waals surface area contributed by atoms with E-state index in [0.717, 1.165) is 5.56 Å². The minimum Gasteiger partial charge on any atom is -0.508 e. The molecule has 18 heavy (non-hydrogen) atoms. The lowest BCUT2D eigenvalue weighted by Gasteiger charge is -2.08. The lowest BCUT2D eigenvalue weighted by Crippen LogP contribution is -1.95. The van der Waals surface area contributed by atoms with E-state index in [2.05, 4.69) is 0 Å². The molecule has 0 aromatic heterocycles. The number of rotatable bonds is 3. The maximum absolute atomic E-state index is 9.29. The summed E-state index contributed by atoms with van der Waals surface area (Å²) in [5, 5.41) is 19.5. The lowest BCUT2D eigenvalue weighted by atomic mass is 10.2. The van der Waals surface area contributed by atoms with Crippen LogP contribution in [0.15, 0.2) is 36.4 Å². The van der Waals surface area contributed by atoms with Crippen LogP contribution in [0.25, 0.3) is 0 Å². The number of aromatic hydroxyl groups is 2. The van der Waals surface area contributed by atoms with Crippen LogP contribution in [0.1, 0.15) is 5.56 Å². The zero-order chi connectivity index (χ0) is 13.1. The summed E-state index contributed by atoms with van der Waals surface area (Å²) in [6.45, 7) is 0.264. The average molecular weight is 285 g/mol. The summed E-state index contributed by atoms with van der Waals surface area (Å²) in [7, 11) is 0. The van der Waals surface area contributed by atoms with Gasteiger partial charge in [-0.05, 0) is 17.7 Å². The normalized spacial score (nSPS) is 10.3. The lowest BCUT2D eigenvalue weighted by molar-refractivity contribution is 0.302. The van der Waals surface area contributed by atoms with Gasteiger partial charge in [-0.3, -0.25) is 0 Å². The van der Waals surface area contributed by atoms with Gasteiger partial charge >= 0.3 is 0 Å². The number of hydrogen-bond acceptors (Lipinski definition) is 3. The molecule has 0 unspecified atom stereocenters. The van der Waals surface area contributed by atoms with Gasteiger partial charge in [0.05, 0.1) is 10.0 Å². The van der Waals surface area contributed by atoms with Crippen molar-refractivity contribution < 1.29 is 14.9 Å². The Hall–Kier alpha value is -1.58. The molecule has 0 saturated heterocycles. The topological polar surface area (TPSA) is 49.7 Å². The summed E-state index contributed by atoms with van der Waals surface area (Å²) < 4.78 is 5.43. The van der Waals surface area contributed by atoms with E-state index in [1.54, 1.807) is 18.2 Å². The molecule has 3 nitrogen and oxygen atoms in total. The molecule has 2 N–H and O–H groups in total. The van der Waals surface area contributed by atoms with Gasteiger partial charge in [0.15, 0.2) is 0 Å². The van der Waals surface area contributed by atoms with Gasteiger partial charge in [0.25, 0.3) is 0 Å². The predicted octanol–water partition coefficient (Wildman–Crippen LogP) is 3.98. The van der Waals surface area contributed by atoms with Gasteiger partial charge in [-0.1, -0.05) is 29.3 Å². The summed E-state index contributed by atoms with van der Waals surface area (Å²) in [5.74, 6) is 0.261. The fraction of sp³-hybridized carbons (Fsp3) is 0.0769. The molecule has 0 amide bonds. The number of ether oxygens (including phenoxy) is 1. The van der Waals surface area contributed by atoms with E-state index < -0.39 is 0 Å². The molecular weight excluding hydrogens is 275 g/mol. The highest BCUT2D eigenvalue weighted by Crippen LogP contribution is 2.27. The van der Waals surface area contributed by atoms with Crippen LogP contribution in [0.3, 0.4) is 0 Å². The van der Waals surface area contributed by atoms with Gasteiger partial charge in [-0.2, -0.15) is 0 Å². The number of phenols is 2. The van der Waals surface area contributed by atoms with Crippen molar-refractivity contribution in [3.8, 4) is 17.2 Å². The third kappa shape index (κ3) is 3.22. The largest absolute Gasteiger partial charge is 0.508 e. The molecule has 2 aromatic carbocycles. The van der Waals surface area contributed by atoms with Gasteiger partial charge in [0.2, 0.25) is 0 Å². The van der Waals surface area contributed by atoms with Crippen LogP contribution in [0.4, 0.5) is 0 Å². The quantitative estimate of drug-likeness (QED) is 0.896. The Labute approximate surface area is 114 Å². The fourth-order valence-corrected chi connectivity index (χ4v) is 1.77. The Morgan fingerprint density at radius 3 is 2.17 bits per heavy atom. The highest BCUT2D eigenvalue weighted by molar-refractivity contribution is 6.42. The standard InChI is InChI=1S/C13H10Cl2O3/c14-12-2-1-8(3-13(12)15)7-18-11-5-9(16)4-10(17)6-11/h1-6,16-17H,7H2. The molecule has 0 bridgehead atoms. The van der Waals surface area contributed by atoms with Gasteiger partial charge in [-0.15, -0.1) is 0 Å². The second-order valence-corrected chi connectivity index (χ2v) is 4.54. The molecule has 0 radical (unpaired) electrons. The SMILES string of the molecule is Oc1cc(O)cc(OCc2ccc(Cl)c(Cl)c2)c1. The molecule has 0 aliphatic heterocycles. The van der Waals surface area contributed by atoms with E-state index >= 15 is 0 Å². The first kappa shape index (κ1) is 12.9. The van der Waals surface area contributed by atoms with E-state index in [4.69, 9.17) is 27.9 Å². The Morgan fingerprint density at radius 1 is 0.889 bits per heavy atom. The van der Waals surface area contributed by atoms with E-state index in [1.165, 1.54) is 18.2 Å². The van der Waals surface area contributed by atoms with Crippen LogP contribution in [0.2, 0.25) is 10.0 Å². The van der Waals surface area contributed by atoms with Crippen molar-refractivity contribution in [3.63, 3.8) is 0 Å². The summed E-state index contributed by atoms with van der Waals surface area (Å²) in [6, 6.07) is 9.23. The summed E-state index contributed by atoms with van der Waals surface area (Å²) in [5.41, 5.74) is 0.840. The molecule has 0 fully saturated rings. The van der Waals surface area contributed by atoms with Crippen molar-refractivity contribution in [2.24, 2.45) is 0 Å². The third-order valence-corrected chi connectivity index (χ3v) is 3.00. The number of benzene rings is 2. The third-order valence-electron chi connectivity index (χ3n) is 2.27. The van der Waals surface area contributed by atoms with Gasteiger partial charge in [-0.25, -0.2) is 0 Å². The van der Waals surface area contributed by atoms with E-state index in [9.17, 15) is 10.2 Å². The number of halogens is 2. The minimum atomic E-state index is -0.0564. The fourth-order valence-electron chi connectivity index (χ4n) is 1.45. The molecule has 0 aliphatic rings. The Bertz CT molecular complexity index is 550. The molecule has 5 heteroatoms. The monoisotopic (exact) mass is 284 g/mol. The molecule has 0 atom stereocenters. The van der Waals surface area contributed by atoms with Crippen LogP contribution >= 0.6 is 23.2 Å². The van der Waals surface area contributed by atoms with E-state index in [1.807, 2.05) is 0 Å². The highest BCUT2D eigenvalue weighted by Gasteiger charge is 2.03. The van der Waals surface area contributed by atoms with E-state index in [0.29, 0.717) is 15.8 Å². The molecular formula is C13H10Cl2O3. The van der Waals surface area contributed by atoms with E-state index in [-0.39, 0.29) is 18.1 Å². The van der Waals surface area contributed by atoms with Crippen molar-refractivity contribution in [1.29, 1.82) is 0 Å². The highest BCUT2D eigenvalue weighted by atomic mass is 35.5. The number of hydrogen-bond donors (Lipinski definition) is 2. The first-order chi connectivity index (χ1) is 8.54. The molecule has 2 rings (SSSR count). The second kappa shape index (κ2) is 5.38. The van der Waals surface area contributed by atoms with Crippen LogP contribution in [0, 0.1) is 0 Å². The van der Waals surface area contributed by atoms with Crippen LogP contribution in [-0.2, 0) is 6.61 Å². The Balaban J connectivity index is 2.08. The zero-order valence-corrected chi connectivity index (χ0v) is 10.7. The molecule has 0 heterocycles. The smallest absolute Gasteiger partial charge is 0.127 e. The van der Waals surface area contributed by atoms with Crippen molar-refractivity contribution in [1.82, 2.24) is 0 Å². The van der Waals surface area contributed by atoms with Crippen molar-refractivity contribution in [3.05, 3.63) is 52.0 Å². The average Bonchev–Trinajstić information content (AvgIpc) is 2.29. The van der Waals surface area contributed by atoms with Crippen LogP contribution in [-0.4, -0.2) is 10.2 Å². The molecule has 2 aromatic rings. The van der Waals surface area contributed by atoms with Gasteiger partial charge < -0.3 is 14.9 Å². The molecule has 0 saturated carbocycles. The summed E-state index contributed by atoms with van der Waals surface area (Å²) in [4.78, 5) is 0. The molecule has 94 valence electrons. The zero-order valence-electron chi connectivity index (χ0n) is 9.23. The first-order valence-corrected chi connectivity index (χ1v) is 5.90. The predicted molar refractivity (Wildman–Crippen MR) is 70.6 cm³/mol. The van der Waals surface area contributed by atoms with Crippen molar-refractivity contribution in [2.45, 2.75) is 6.61 Å². The molecule has 0 aliphatic carbocycles. The van der Waals surface area contributed by atoms with Crippen LogP contribution < -0.4 is 4.74 Å². The Kier molecular flexibility index (Phi) is 3.84. The van der Waals surface area contributed by atoms with Gasteiger partial charge in [0, 0.05) is 18.2 Å². The maximum Gasteiger partial charge on any atom is 0.127 e. The second-order valence-electron chi connectivity index (χ2n) is 3.72.